The Morgan fingerprint density at radius 1 is 1.06 bits per heavy atom. The zero-order chi connectivity index (χ0) is 44.3. The van der Waals surface area contributed by atoms with Gasteiger partial charge in [0.15, 0.2) is 0 Å². The number of nitro benzene ring substituents is 1. The highest BCUT2D eigenvalue weighted by molar-refractivity contribution is 7.90. The van der Waals surface area contributed by atoms with Crippen LogP contribution in [0.1, 0.15) is 94.3 Å². The molecule has 13 nitrogen and oxygen atoms in total. The van der Waals surface area contributed by atoms with Crippen molar-refractivity contribution in [2.75, 3.05) is 49.5 Å². The molecule has 1 spiro atoms. The average Bonchev–Trinajstić information content (AvgIpc) is 3.73. The zero-order valence-electron chi connectivity index (χ0n) is 35.8. The van der Waals surface area contributed by atoms with Gasteiger partial charge in [0.2, 0.25) is 6.43 Å². The molecule has 0 unspecified atom stereocenters. The van der Waals surface area contributed by atoms with Crippen LogP contribution in [0.5, 0.6) is 11.5 Å². The number of aromatic nitrogens is 2. The lowest BCUT2D eigenvalue weighted by Gasteiger charge is -2.47. The molecule has 3 aliphatic carbocycles. The second-order valence-electron chi connectivity index (χ2n) is 18.2. The van der Waals surface area contributed by atoms with Crippen LogP contribution in [-0.2, 0) is 10.0 Å². The molecule has 2 aromatic heterocycles. The van der Waals surface area contributed by atoms with Crippen LogP contribution in [0, 0.1) is 27.4 Å². The maximum absolute atomic E-state index is 13.9. The first-order chi connectivity index (χ1) is 30.2. The largest absolute Gasteiger partial charge is 0.455 e. The number of benzene rings is 2. The van der Waals surface area contributed by atoms with E-state index < -0.39 is 37.9 Å². The number of alkyl halides is 2. The van der Waals surface area contributed by atoms with Gasteiger partial charge in [-0.1, -0.05) is 43.9 Å². The first-order valence-corrected chi connectivity index (χ1v) is 23.7. The first-order valence-electron chi connectivity index (χ1n) is 22.2. The summed E-state index contributed by atoms with van der Waals surface area (Å²) in [6, 6.07) is 12.2. The summed E-state index contributed by atoms with van der Waals surface area (Å²) in [7, 11) is -4.57. The SMILES string of the molecule is C=C(CCC(F)F)C1=C(CN2CCN(c3ccc(C(=O)NS(=O)(=O)c4ccc(NCC5CCC(C)CC5)c([N+](=O)[O-])c4)c(Oc4cnc5[nH]ccc5c4)c3)CC2)CCC2(CCC2)C1. The van der Waals surface area contributed by atoms with Crippen molar-refractivity contribution in [3.05, 3.63) is 99.9 Å². The highest BCUT2D eigenvalue weighted by Gasteiger charge is 2.41. The van der Waals surface area contributed by atoms with Crippen molar-refractivity contribution in [2.24, 2.45) is 17.3 Å². The lowest BCUT2D eigenvalue weighted by Crippen LogP contribution is -2.47. The molecule has 4 aliphatic rings. The molecule has 0 radical (unpaired) electrons. The van der Waals surface area contributed by atoms with Crippen molar-refractivity contribution < 1.29 is 31.7 Å². The summed E-state index contributed by atoms with van der Waals surface area (Å²) in [6.07, 6.45) is 11.9. The summed E-state index contributed by atoms with van der Waals surface area (Å²) in [6.45, 7) is 10.6. The number of nitro groups is 1. The number of aromatic amines is 1. The lowest BCUT2D eigenvalue weighted by atomic mass is 9.59. The molecule has 1 saturated heterocycles. The minimum atomic E-state index is -4.57. The molecule has 63 heavy (non-hydrogen) atoms. The monoisotopic (exact) mass is 885 g/mol. The van der Waals surface area contributed by atoms with E-state index in [1.165, 1.54) is 54.8 Å². The minimum absolute atomic E-state index is 0.0576. The zero-order valence-corrected chi connectivity index (χ0v) is 36.7. The Morgan fingerprint density at radius 3 is 2.56 bits per heavy atom. The third-order valence-electron chi connectivity index (χ3n) is 13.8. The molecule has 16 heteroatoms. The van der Waals surface area contributed by atoms with Crippen LogP contribution in [0.3, 0.4) is 0 Å². The molecule has 2 aromatic carbocycles. The number of hydrogen-bond donors (Lipinski definition) is 3. The van der Waals surface area contributed by atoms with Crippen molar-refractivity contribution in [3.8, 4) is 11.5 Å². The second kappa shape index (κ2) is 18.8. The van der Waals surface area contributed by atoms with Crippen molar-refractivity contribution in [1.29, 1.82) is 0 Å². The van der Waals surface area contributed by atoms with E-state index in [0.29, 0.717) is 54.7 Å². The van der Waals surface area contributed by atoms with Crippen LogP contribution in [0.2, 0.25) is 0 Å². The summed E-state index contributed by atoms with van der Waals surface area (Å²) in [5.74, 6) is 0.499. The van der Waals surface area contributed by atoms with Gasteiger partial charge in [-0.25, -0.2) is 26.9 Å². The Morgan fingerprint density at radius 2 is 1.84 bits per heavy atom. The number of carbonyl (C=O) groups excluding carboxylic acids is 1. The van der Waals surface area contributed by atoms with Gasteiger partial charge in [0.05, 0.1) is 21.6 Å². The predicted octanol–water partition coefficient (Wildman–Crippen LogP) is 9.99. The smallest absolute Gasteiger partial charge is 0.293 e. The molecule has 3 heterocycles. The quantitative estimate of drug-likeness (QED) is 0.0729. The normalized spacial score (nSPS) is 20.5. The van der Waals surface area contributed by atoms with E-state index >= 15 is 0 Å². The molecule has 3 fully saturated rings. The van der Waals surface area contributed by atoms with E-state index in [0.717, 1.165) is 87.3 Å². The molecular formula is C47H57F2N7O6S. The molecule has 0 bridgehead atoms. The number of anilines is 2. The number of nitrogens with zero attached hydrogens (tertiary/aromatic N) is 4. The Hall–Kier alpha value is -5.35. The van der Waals surface area contributed by atoms with Gasteiger partial charge in [-0.05, 0) is 111 Å². The van der Waals surface area contributed by atoms with Crippen molar-refractivity contribution in [2.45, 2.75) is 95.3 Å². The standard InChI is InChI=1S/C47H57F2N7O6S/c1-31-4-7-33(8-5-31)28-51-41-12-10-38(26-42(41)56(58)59)63(60,61)53-46(57)39-11-9-36(25-43(39)62-37-24-34-15-19-50-45(34)52-29-37)55-22-20-54(21-23-55)30-35-14-18-47(16-3-17-47)27-40(35)32(2)6-13-44(48)49/h9-12,15,19,24-26,29,31,33,44,51H,2-8,13-14,16-18,20-23,27-28,30H2,1H3,(H,50,52)(H,53,57). The number of pyridine rings is 1. The maximum Gasteiger partial charge on any atom is 0.293 e. The van der Waals surface area contributed by atoms with Gasteiger partial charge in [-0.3, -0.25) is 19.8 Å². The number of nitrogens with one attached hydrogen (secondary N) is 3. The number of halogens is 2. The molecule has 1 aliphatic heterocycles. The van der Waals surface area contributed by atoms with Crippen LogP contribution in [-0.4, -0.2) is 79.8 Å². The number of amides is 1. The number of H-pyrrole nitrogens is 1. The fraction of sp³-hybridized carbons (Fsp3) is 0.489. The van der Waals surface area contributed by atoms with Gasteiger partial charge in [0, 0.05) is 75.1 Å². The summed E-state index contributed by atoms with van der Waals surface area (Å²) < 4.78 is 62.2. The Kier molecular flexibility index (Phi) is 13.2. The number of piperazine rings is 1. The topological polar surface area (TPSA) is 163 Å². The summed E-state index contributed by atoms with van der Waals surface area (Å²) in [5, 5.41) is 16.1. The predicted molar refractivity (Wildman–Crippen MR) is 240 cm³/mol. The molecule has 8 rings (SSSR count). The van der Waals surface area contributed by atoms with Gasteiger partial charge in [0.25, 0.3) is 21.6 Å². The van der Waals surface area contributed by atoms with Gasteiger partial charge < -0.3 is 19.9 Å². The number of ether oxygens (including phenoxy) is 1. The molecule has 336 valence electrons. The third-order valence-corrected chi connectivity index (χ3v) is 15.2. The third kappa shape index (κ3) is 10.4. The fourth-order valence-corrected chi connectivity index (χ4v) is 10.7. The van der Waals surface area contributed by atoms with Crippen LogP contribution in [0.15, 0.2) is 89.1 Å². The van der Waals surface area contributed by atoms with Crippen LogP contribution < -0.4 is 19.7 Å². The molecule has 4 aromatic rings. The Labute approximate surface area is 367 Å². The van der Waals surface area contributed by atoms with E-state index in [2.05, 4.69) is 43.3 Å². The Bertz CT molecular complexity index is 2490. The number of rotatable bonds is 16. The highest BCUT2D eigenvalue weighted by atomic mass is 32.2. The van der Waals surface area contributed by atoms with E-state index in [4.69, 9.17) is 4.74 Å². The second-order valence-corrected chi connectivity index (χ2v) is 19.8. The molecule has 2 saturated carbocycles. The van der Waals surface area contributed by atoms with Gasteiger partial charge in [-0.2, -0.15) is 0 Å². The number of allylic oxidation sites excluding steroid dienone is 2. The van der Waals surface area contributed by atoms with Crippen LogP contribution in [0.4, 0.5) is 25.8 Å². The molecule has 3 N–H and O–H groups in total. The summed E-state index contributed by atoms with van der Waals surface area (Å²) in [5.41, 5.74) is 4.87. The average molecular weight is 886 g/mol. The number of fused-ring (bicyclic) bond motifs is 1. The van der Waals surface area contributed by atoms with Crippen LogP contribution in [0.25, 0.3) is 11.0 Å². The van der Waals surface area contributed by atoms with Crippen molar-refractivity contribution >= 4 is 44.0 Å². The minimum Gasteiger partial charge on any atom is -0.455 e. The number of hydrogen-bond acceptors (Lipinski definition) is 10. The summed E-state index contributed by atoms with van der Waals surface area (Å²) in [4.78, 5) is 37.0. The van der Waals surface area contributed by atoms with Crippen molar-refractivity contribution in [1.82, 2.24) is 19.6 Å². The first kappa shape index (κ1) is 44.3. The molecule has 0 atom stereocenters. The maximum atomic E-state index is 13.9. The Balaban J connectivity index is 0.983. The highest BCUT2D eigenvalue weighted by Crippen LogP contribution is 2.54. The van der Waals surface area contributed by atoms with E-state index in [1.54, 1.807) is 24.4 Å². The number of carbonyl (C=O) groups is 1. The fourth-order valence-electron chi connectivity index (χ4n) is 9.76. The lowest BCUT2D eigenvalue weighted by molar-refractivity contribution is -0.384. The van der Waals surface area contributed by atoms with E-state index in [-0.39, 0.29) is 23.4 Å². The molecule has 1 amide bonds. The van der Waals surface area contributed by atoms with E-state index in [9.17, 15) is 32.1 Å². The molecular weight excluding hydrogens is 829 g/mol. The number of sulfonamides is 1. The van der Waals surface area contributed by atoms with Gasteiger partial charge >= 0.3 is 0 Å². The van der Waals surface area contributed by atoms with E-state index in [1.807, 2.05) is 6.07 Å². The van der Waals surface area contributed by atoms with Crippen LogP contribution >= 0.6 is 0 Å². The van der Waals surface area contributed by atoms with Gasteiger partial charge in [-0.15, -0.1) is 0 Å². The van der Waals surface area contributed by atoms with Gasteiger partial charge in [0.1, 0.15) is 22.8 Å². The summed E-state index contributed by atoms with van der Waals surface area (Å²) >= 11 is 0. The van der Waals surface area contributed by atoms with Crippen molar-refractivity contribution in [3.63, 3.8) is 0 Å².